The Morgan fingerprint density at radius 3 is 1.62 bits per heavy atom. The van der Waals surface area contributed by atoms with Crippen molar-refractivity contribution in [2.75, 3.05) is 0 Å². The summed E-state index contributed by atoms with van der Waals surface area (Å²) in [5.41, 5.74) is 4.39. The van der Waals surface area contributed by atoms with Crippen LogP contribution in [0.3, 0.4) is 0 Å². The number of hydrogen-bond donors (Lipinski definition) is 0. The molecular formula is C22H18N2. The van der Waals surface area contributed by atoms with Crippen LogP contribution >= 0.6 is 0 Å². The second kappa shape index (κ2) is 8.39. The van der Waals surface area contributed by atoms with Gasteiger partial charge in [0.2, 0.25) is 0 Å². The van der Waals surface area contributed by atoms with Gasteiger partial charge in [-0.1, -0.05) is 91.0 Å². The van der Waals surface area contributed by atoms with E-state index in [2.05, 4.69) is 34.5 Å². The fourth-order valence-electron chi connectivity index (χ4n) is 2.36. The molecule has 0 unspecified atom stereocenters. The molecule has 116 valence electrons. The fourth-order valence-corrected chi connectivity index (χ4v) is 2.36. The molecule has 0 atom stereocenters. The molecule has 0 spiro atoms. The number of rotatable bonds is 5. The molecule has 0 saturated carbocycles. The Labute approximate surface area is 142 Å². The van der Waals surface area contributed by atoms with Gasteiger partial charge in [0.25, 0.3) is 0 Å². The van der Waals surface area contributed by atoms with E-state index in [4.69, 9.17) is 0 Å². The van der Waals surface area contributed by atoms with Crippen LogP contribution in [-0.2, 0) is 0 Å². The summed E-state index contributed by atoms with van der Waals surface area (Å²) in [4.78, 5) is 0. The van der Waals surface area contributed by atoms with E-state index in [1.54, 1.807) is 12.4 Å². The second-order valence-electron chi connectivity index (χ2n) is 5.23. The van der Waals surface area contributed by atoms with Gasteiger partial charge in [0.05, 0.1) is 12.4 Å². The summed E-state index contributed by atoms with van der Waals surface area (Å²) in [6.45, 7) is 0. The predicted octanol–water partition coefficient (Wildman–Crippen LogP) is 6.20. The van der Waals surface area contributed by atoms with Crippen molar-refractivity contribution in [1.82, 2.24) is 0 Å². The van der Waals surface area contributed by atoms with Crippen molar-refractivity contribution in [2.45, 2.75) is 0 Å². The topological polar surface area (TPSA) is 24.7 Å². The molecule has 0 N–H and O–H groups in total. The van der Waals surface area contributed by atoms with Crippen LogP contribution in [0.25, 0.3) is 11.6 Å². The molecule has 2 nitrogen and oxygen atoms in total. The summed E-state index contributed by atoms with van der Waals surface area (Å²) < 4.78 is 0. The molecule has 2 heteroatoms. The van der Waals surface area contributed by atoms with Crippen LogP contribution < -0.4 is 0 Å². The quantitative estimate of drug-likeness (QED) is 0.501. The van der Waals surface area contributed by atoms with Gasteiger partial charge in [-0.15, -0.1) is 0 Å². The highest BCUT2D eigenvalue weighted by molar-refractivity contribution is 5.79. The maximum Gasteiger partial charge on any atom is 0.0580 e. The molecular weight excluding hydrogens is 292 g/mol. The van der Waals surface area contributed by atoms with E-state index < -0.39 is 0 Å². The number of azo groups is 1. The van der Waals surface area contributed by atoms with Crippen molar-refractivity contribution in [3.05, 3.63) is 120 Å². The molecule has 0 aliphatic heterocycles. The molecule has 0 heterocycles. The van der Waals surface area contributed by atoms with E-state index in [0.717, 1.165) is 22.3 Å². The molecule has 0 fully saturated rings. The molecule has 3 aromatic rings. The molecule has 0 aliphatic rings. The number of nitrogens with zero attached hydrogens (tertiary/aromatic N) is 2. The van der Waals surface area contributed by atoms with Crippen molar-refractivity contribution >= 4 is 11.6 Å². The average molecular weight is 310 g/mol. The molecule has 0 bridgehead atoms. The van der Waals surface area contributed by atoms with E-state index >= 15 is 0 Å². The Balaban J connectivity index is 1.82. The molecule has 3 aromatic carbocycles. The predicted molar refractivity (Wildman–Crippen MR) is 100 cm³/mol. The van der Waals surface area contributed by atoms with Crippen LogP contribution in [0.5, 0.6) is 0 Å². The Morgan fingerprint density at radius 1 is 0.583 bits per heavy atom. The maximum atomic E-state index is 4.22. The van der Waals surface area contributed by atoms with Crippen molar-refractivity contribution in [1.29, 1.82) is 0 Å². The highest BCUT2D eigenvalue weighted by Crippen LogP contribution is 2.23. The Kier molecular flexibility index (Phi) is 5.47. The van der Waals surface area contributed by atoms with Crippen LogP contribution in [0.4, 0.5) is 0 Å². The lowest BCUT2D eigenvalue weighted by Gasteiger charge is -2.06. The average Bonchev–Trinajstić information content (AvgIpc) is 2.67. The highest BCUT2D eigenvalue weighted by atomic mass is 15.1. The normalized spacial score (nSPS) is 11.0. The van der Waals surface area contributed by atoms with Crippen molar-refractivity contribution in [3.8, 4) is 0 Å². The molecule has 0 aliphatic carbocycles. The number of benzene rings is 3. The van der Waals surface area contributed by atoms with E-state index in [0.29, 0.717) is 0 Å². The Morgan fingerprint density at radius 2 is 1.08 bits per heavy atom. The lowest BCUT2D eigenvalue weighted by molar-refractivity contribution is 1.23. The van der Waals surface area contributed by atoms with Gasteiger partial charge in [-0.3, -0.25) is 0 Å². The molecule has 0 saturated heterocycles. The van der Waals surface area contributed by atoms with Gasteiger partial charge in [-0.2, -0.15) is 10.2 Å². The third-order valence-electron chi connectivity index (χ3n) is 3.56. The zero-order valence-electron chi connectivity index (χ0n) is 13.3. The summed E-state index contributed by atoms with van der Waals surface area (Å²) in [6, 6.07) is 30.5. The minimum Gasteiger partial charge on any atom is -0.159 e. The summed E-state index contributed by atoms with van der Waals surface area (Å²) >= 11 is 0. The third-order valence-corrected chi connectivity index (χ3v) is 3.56. The maximum absolute atomic E-state index is 4.22. The second-order valence-corrected chi connectivity index (χ2v) is 5.23. The van der Waals surface area contributed by atoms with E-state index in [1.165, 1.54) is 0 Å². The molecule has 3 rings (SSSR count). The van der Waals surface area contributed by atoms with Crippen LogP contribution in [-0.4, -0.2) is 0 Å². The van der Waals surface area contributed by atoms with Crippen molar-refractivity contribution in [2.24, 2.45) is 10.2 Å². The third kappa shape index (κ3) is 4.37. The van der Waals surface area contributed by atoms with Crippen molar-refractivity contribution in [3.63, 3.8) is 0 Å². The van der Waals surface area contributed by atoms with Gasteiger partial charge in [-0.25, -0.2) is 0 Å². The van der Waals surface area contributed by atoms with Gasteiger partial charge in [0, 0.05) is 5.57 Å². The molecule has 24 heavy (non-hydrogen) atoms. The summed E-state index contributed by atoms with van der Waals surface area (Å²) in [6.07, 6.45) is 5.45. The first-order valence-electron chi connectivity index (χ1n) is 7.86. The summed E-state index contributed by atoms with van der Waals surface area (Å²) in [7, 11) is 0. The van der Waals surface area contributed by atoms with Crippen LogP contribution in [0.15, 0.2) is 114 Å². The lowest BCUT2D eigenvalue weighted by atomic mass is 9.99. The summed E-state index contributed by atoms with van der Waals surface area (Å²) in [5, 5.41) is 8.34. The van der Waals surface area contributed by atoms with Gasteiger partial charge < -0.3 is 0 Å². The first-order valence-corrected chi connectivity index (χ1v) is 7.86. The first kappa shape index (κ1) is 15.6. The standard InChI is InChI=1S/C22H18N2/c1-4-10-19(11-5-1)16-17-23-24-18-22(20-12-6-2-7-13-20)21-14-8-3-9-15-21/h1-18H. The SMILES string of the molecule is C(=Cc1ccccc1)N=NC=C(c1ccccc1)c1ccccc1. The lowest BCUT2D eigenvalue weighted by Crippen LogP contribution is -1.86. The van der Waals surface area contributed by atoms with Gasteiger partial charge in [-0.05, 0) is 22.8 Å². The van der Waals surface area contributed by atoms with E-state index in [9.17, 15) is 0 Å². The molecule has 0 amide bonds. The fraction of sp³-hybridized carbons (Fsp3) is 0. The smallest absolute Gasteiger partial charge is 0.0580 e. The Hall–Kier alpha value is -3.26. The number of hydrogen-bond acceptors (Lipinski definition) is 2. The van der Waals surface area contributed by atoms with Crippen molar-refractivity contribution < 1.29 is 0 Å². The van der Waals surface area contributed by atoms with Crippen LogP contribution in [0.2, 0.25) is 0 Å². The largest absolute Gasteiger partial charge is 0.159 e. The van der Waals surface area contributed by atoms with Crippen LogP contribution in [0.1, 0.15) is 16.7 Å². The zero-order valence-corrected chi connectivity index (χ0v) is 13.3. The molecule has 0 radical (unpaired) electrons. The molecule has 0 aromatic heterocycles. The van der Waals surface area contributed by atoms with Gasteiger partial charge in [0.1, 0.15) is 0 Å². The zero-order chi connectivity index (χ0) is 16.5. The van der Waals surface area contributed by atoms with E-state index in [-0.39, 0.29) is 0 Å². The van der Waals surface area contributed by atoms with Gasteiger partial charge in [0.15, 0.2) is 0 Å². The highest BCUT2D eigenvalue weighted by Gasteiger charge is 2.03. The Bertz CT molecular complexity index is 791. The minimum atomic E-state index is 1.05. The first-order chi connectivity index (χ1) is 11.9. The van der Waals surface area contributed by atoms with Gasteiger partial charge >= 0.3 is 0 Å². The van der Waals surface area contributed by atoms with E-state index in [1.807, 2.05) is 72.8 Å². The monoisotopic (exact) mass is 310 g/mol. The summed E-state index contributed by atoms with van der Waals surface area (Å²) in [5.74, 6) is 0. The minimum absolute atomic E-state index is 1.05. The van der Waals surface area contributed by atoms with Crippen LogP contribution in [0, 0.1) is 0 Å².